The zero-order valence-electron chi connectivity index (χ0n) is 16.3. The molecular weight excluding hydrogens is 348 g/mol. The maximum absolute atomic E-state index is 13.1. The largest absolute Gasteiger partial charge is 0.337 e. The molecule has 0 N–H and O–H groups in total. The van der Waals surface area contributed by atoms with Crippen LogP contribution in [-0.4, -0.2) is 58.4 Å². The molecule has 1 amide bonds. The number of hydrogen-bond donors (Lipinski definition) is 0. The number of benzene rings is 1. The Morgan fingerprint density at radius 1 is 1.14 bits per heavy atom. The monoisotopic (exact) mass is 374 g/mol. The summed E-state index contributed by atoms with van der Waals surface area (Å²) in [6, 6.07) is 16.1. The van der Waals surface area contributed by atoms with Gasteiger partial charge >= 0.3 is 0 Å². The van der Waals surface area contributed by atoms with Gasteiger partial charge in [0.1, 0.15) is 0 Å². The van der Waals surface area contributed by atoms with Crippen LogP contribution in [0.1, 0.15) is 28.9 Å². The summed E-state index contributed by atoms with van der Waals surface area (Å²) < 4.78 is 0. The highest BCUT2D eigenvalue weighted by Crippen LogP contribution is 2.20. The summed E-state index contributed by atoms with van der Waals surface area (Å²) in [7, 11) is 2.16. The van der Waals surface area contributed by atoms with E-state index in [4.69, 9.17) is 0 Å². The van der Waals surface area contributed by atoms with E-state index in [1.165, 1.54) is 0 Å². The Bertz CT molecular complexity index is 943. The van der Waals surface area contributed by atoms with Gasteiger partial charge in [0.2, 0.25) is 0 Å². The number of hydrogen-bond acceptors (Lipinski definition) is 4. The number of likely N-dealkylation sites (N-methyl/N-ethyl adjacent to an activating group) is 1. The maximum atomic E-state index is 13.1. The average molecular weight is 374 g/mol. The first kappa shape index (κ1) is 18.6. The van der Waals surface area contributed by atoms with Crippen LogP contribution in [0.25, 0.3) is 10.9 Å². The second-order valence-corrected chi connectivity index (χ2v) is 7.51. The van der Waals surface area contributed by atoms with Gasteiger partial charge in [0.05, 0.1) is 5.52 Å². The van der Waals surface area contributed by atoms with Crippen LogP contribution in [0.15, 0.2) is 60.9 Å². The molecule has 1 aliphatic rings. The topological polar surface area (TPSA) is 49.3 Å². The van der Waals surface area contributed by atoms with Crippen LogP contribution in [0, 0.1) is 0 Å². The zero-order chi connectivity index (χ0) is 19.3. The number of carbonyl (C=O) groups excluding carboxylic acids is 1. The van der Waals surface area contributed by atoms with Crippen molar-refractivity contribution in [3.05, 3.63) is 72.2 Å². The summed E-state index contributed by atoms with van der Waals surface area (Å²) in [4.78, 5) is 26.2. The molecule has 0 aliphatic carbocycles. The summed E-state index contributed by atoms with van der Waals surface area (Å²) in [6.45, 7) is 2.56. The molecule has 0 saturated carbocycles. The molecule has 1 aliphatic heterocycles. The molecule has 144 valence electrons. The normalized spacial score (nSPS) is 17.2. The molecule has 1 unspecified atom stereocenters. The lowest BCUT2D eigenvalue weighted by atomic mass is 10.0. The molecular formula is C23H26N4O. The van der Waals surface area contributed by atoms with Crippen molar-refractivity contribution >= 4 is 16.8 Å². The number of rotatable bonds is 5. The SMILES string of the molecule is CN(CCc1ccccn1)C1CCCN(C(=O)c2ccc3ncccc3c2)C1. The van der Waals surface area contributed by atoms with Gasteiger partial charge in [-0.05, 0) is 56.3 Å². The first-order valence-corrected chi connectivity index (χ1v) is 9.95. The lowest BCUT2D eigenvalue weighted by Crippen LogP contribution is -2.49. The molecule has 2 aromatic heterocycles. The average Bonchev–Trinajstić information content (AvgIpc) is 2.77. The molecule has 1 fully saturated rings. The Morgan fingerprint density at radius 2 is 2.04 bits per heavy atom. The van der Waals surface area contributed by atoms with Gasteiger partial charge in [-0.2, -0.15) is 0 Å². The number of pyridine rings is 2. The second kappa shape index (κ2) is 8.48. The summed E-state index contributed by atoms with van der Waals surface area (Å²) >= 11 is 0. The van der Waals surface area contributed by atoms with Crippen molar-refractivity contribution in [2.24, 2.45) is 0 Å². The standard InChI is InChI=1S/C23H26N4O/c1-26(15-11-20-7-2-3-12-24-20)21-8-5-14-27(17-21)23(28)19-9-10-22-18(16-19)6-4-13-25-22/h2-4,6-7,9-10,12-13,16,21H,5,8,11,14-15,17H2,1H3. The van der Waals surface area contributed by atoms with Crippen LogP contribution in [0.5, 0.6) is 0 Å². The number of nitrogens with zero attached hydrogens (tertiary/aromatic N) is 4. The van der Waals surface area contributed by atoms with Crippen LogP contribution >= 0.6 is 0 Å². The smallest absolute Gasteiger partial charge is 0.253 e. The van der Waals surface area contributed by atoms with E-state index in [0.29, 0.717) is 6.04 Å². The van der Waals surface area contributed by atoms with Gasteiger partial charge in [-0.15, -0.1) is 0 Å². The zero-order valence-corrected chi connectivity index (χ0v) is 16.3. The predicted molar refractivity (Wildman–Crippen MR) is 111 cm³/mol. The third kappa shape index (κ3) is 4.20. The molecule has 3 aromatic rings. The highest BCUT2D eigenvalue weighted by Gasteiger charge is 2.26. The van der Waals surface area contributed by atoms with E-state index >= 15 is 0 Å². The van der Waals surface area contributed by atoms with E-state index in [1.54, 1.807) is 6.20 Å². The van der Waals surface area contributed by atoms with Gasteiger partial charge in [0, 0.05) is 61.1 Å². The molecule has 5 heteroatoms. The number of aromatic nitrogens is 2. The van der Waals surface area contributed by atoms with Crippen molar-refractivity contribution in [2.75, 3.05) is 26.7 Å². The minimum atomic E-state index is 0.119. The Hall–Kier alpha value is -2.79. The predicted octanol–water partition coefficient (Wildman–Crippen LogP) is 3.41. The van der Waals surface area contributed by atoms with Crippen molar-refractivity contribution in [1.29, 1.82) is 0 Å². The summed E-state index contributed by atoms with van der Waals surface area (Å²) in [5, 5.41) is 1.01. The highest BCUT2D eigenvalue weighted by atomic mass is 16.2. The molecule has 1 saturated heterocycles. The van der Waals surface area contributed by atoms with Gasteiger partial charge in [-0.25, -0.2) is 0 Å². The third-order valence-electron chi connectivity index (χ3n) is 5.60. The molecule has 5 nitrogen and oxygen atoms in total. The Balaban J connectivity index is 1.40. The van der Waals surface area contributed by atoms with Crippen molar-refractivity contribution in [3.63, 3.8) is 0 Å². The Kier molecular flexibility index (Phi) is 5.63. The first-order valence-electron chi connectivity index (χ1n) is 9.95. The lowest BCUT2D eigenvalue weighted by Gasteiger charge is -2.37. The maximum Gasteiger partial charge on any atom is 0.253 e. The summed E-state index contributed by atoms with van der Waals surface area (Å²) in [5.41, 5.74) is 2.78. The van der Waals surface area contributed by atoms with E-state index < -0.39 is 0 Å². The summed E-state index contributed by atoms with van der Waals surface area (Å²) in [6.07, 6.45) is 6.72. The number of fused-ring (bicyclic) bond motifs is 1. The van der Waals surface area contributed by atoms with Crippen LogP contribution in [-0.2, 0) is 6.42 Å². The van der Waals surface area contributed by atoms with Gasteiger partial charge in [-0.1, -0.05) is 12.1 Å². The first-order chi connectivity index (χ1) is 13.7. The quantitative estimate of drug-likeness (QED) is 0.687. The lowest BCUT2D eigenvalue weighted by molar-refractivity contribution is 0.0611. The number of amides is 1. The minimum Gasteiger partial charge on any atom is -0.337 e. The molecule has 0 radical (unpaired) electrons. The summed E-state index contributed by atoms with van der Waals surface area (Å²) in [5.74, 6) is 0.119. The van der Waals surface area contributed by atoms with Gasteiger partial charge in [0.25, 0.3) is 5.91 Å². The van der Waals surface area contributed by atoms with Crippen molar-refractivity contribution in [1.82, 2.24) is 19.8 Å². The minimum absolute atomic E-state index is 0.119. The van der Waals surface area contributed by atoms with E-state index in [2.05, 4.69) is 28.0 Å². The van der Waals surface area contributed by atoms with Crippen LogP contribution < -0.4 is 0 Å². The van der Waals surface area contributed by atoms with Crippen molar-refractivity contribution in [2.45, 2.75) is 25.3 Å². The molecule has 3 heterocycles. The Morgan fingerprint density at radius 3 is 2.89 bits per heavy atom. The van der Waals surface area contributed by atoms with Crippen LogP contribution in [0.2, 0.25) is 0 Å². The second-order valence-electron chi connectivity index (χ2n) is 7.51. The highest BCUT2D eigenvalue weighted by molar-refractivity contribution is 5.98. The van der Waals surface area contributed by atoms with Crippen molar-refractivity contribution < 1.29 is 4.79 Å². The molecule has 4 rings (SSSR count). The van der Waals surface area contributed by atoms with E-state index in [1.807, 2.05) is 53.6 Å². The number of likely N-dealkylation sites (tertiary alicyclic amines) is 1. The molecule has 0 bridgehead atoms. The van der Waals surface area contributed by atoms with Crippen LogP contribution in [0.3, 0.4) is 0 Å². The van der Waals surface area contributed by atoms with Crippen LogP contribution in [0.4, 0.5) is 0 Å². The van der Waals surface area contributed by atoms with E-state index in [9.17, 15) is 4.79 Å². The fraction of sp³-hybridized carbons (Fsp3) is 0.348. The van der Waals surface area contributed by atoms with E-state index in [0.717, 1.165) is 61.1 Å². The number of carbonyl (C=O) groups is 1. The van der Waals surface area contributed by atoms with Crippen molar-refractivity contribution in [3.8, 4) is 0 Å². The molecule has 1 aromatic carbocycles. The molecule has 0 spiro atoms. The molecule has 28 heavy (non-hydrogen) atoms. The van der Waals surface area contributed by atoms with Gasteiger partial charge in [-0.3, -0.25) is 14.8 Å². The fourth-order valence-electron chi connectivity index (χ4n) is 3.91. The Labute approximate surface area is 166 Å². The third-order valence-corrected chi connectivity index (χ3v) is 5.60. The number of piperidine rings is 1. The van der Waals surface area contributed by atoms with Gasteiger partial charge < -0.3 is 9.80 Å². The van der Waals surface area contributed by atoms with E-state index in [-0.39, 0.29) is 5.91 Å². The fourth-order valence-corrected chi connectivity index (χ4v) is 3.91. The van der Waals surface area contributed by atoms with Gasteiger partial charge in [0.15, 0.2) is 0 Å². The molecule has 1 atom stereocenters.